The number of halogens is 2. The molecule has 0 saturated carbocycles. The van der Waals surface area contributed by atoms with E-state index in [1.807, 2.05) is 0 Å². The lowest BCUT2D eigenvalue weighted by atomic mass is 9.98. The van der Waals surface area contributed by atoms with E-state index >= 15 is 0 Å². The summed E-state index contributed by atoms with van der Waals surface area (Å²) in [4.78, 5) is 22.4. The summed E-state index contributed by atoms with van der Waals surface area (Å²) in [5.41, 5.74) is 8.87. The number of hydrogen-bond donors (Lipinski definition) is 2. The molecule has 4 N–H and O–H groups in total. The van der Waals surface area contributed by atoms with Gasteiger partial charge in [0.25, 0.3) is 17.4 Å². The van der Waals surface area contributed by atoms with Crippen molar-refractivity contribution in [2.75, 3.05) is 0 Å². The molecule has 0 spiro atoms. The summed E-state index contributed by atoms with van der Waals surface area (Å²) in [5.74, 6) is -1.86. The van der Waals surface area contributed by atoms with E-state index in [1.165, 1.54) is 6.07 Å². The highest BCUT2D eigenvalue weighted by Crippen LogP contribution is 2.51. The number of epoxide rings is 1. The fraction of sp³-hybridized carbons (Fsp3) is 0.200. The lowest BCUT2D eigenvalue weighted by Gasteiger charge is -2.05. The van der Waals surface area contributed by atoms with Gasteiger partial charge in [-0.25, -0.2) is 0 Å². The molecule has 0 bridgehead atoms. The van der Waals surface area contributed by atoms with E-state index < -0.39 is 23.5 Å². The van der Waals surface area contributed by atoms with Crippen molar-refractivity contribution in [2.45, 2.75) is 11.7 Å². The van der Waals surface area contributed by atoms with E-state index in [1.54, 1.807) is 12.1 Å². The zero-order valence-electron chi connectivity index (χ0n) is 8.44. The Hall–Kier alpha value is -1.30. The number of hydrogen-bond acceptors (Lipinski definition) is 3. The predicted octanol–water partition coefficient (Wildman–Crippen LogP) is 0.774. The second-order valence-corrected chi connectivity index (χ2v) is 4.47. The molecule has 1 aliphatic rings. The normalized spacial score (nSPS) is 20.9. The second kappa shape index (κ2) is 3.87. The van der Waals surface area contributed by atoms with Gasteiger partial charge in [-0.2, -0.15) is 0 Å². The molecular formula is C10H8Cl2N2O3. The predicted molar refractivity (Wildman–Crippen MR) is 61.4 cm³/mol. The lowest BCUT2D eigenvalue weighted by Crippen LogP contribution is -2.44. The minimum Gasteiger partial charge on any atom is -0.367 e. The van der Waals surface area contributed by atoms with Gasteiger partial charge in [-0.15, -0.1) is 0 Å². The fourth-order valence-corrected chi connectivity index (χ4v) is 2.15. The number of amides is 2. The number of benzene rings is 1. The molecule has 1 saturated heterocycles. The summed E-state index contributed by atoms with van der Waals surface area (Å²) in [6.45, 7) is 0. The summed E-state index contributed by atoms with van der Waals surface area (Å²) in [6.07, 6.45) is -0.845. The van der Waals surface area contributed by atoms with Crippen molar-refractivity contribution in [1.29, 1.82) is 0 Å². The van der Waals surface area contributed by atoms with Gasteiger partial charge in [0, 0.05) is 15.6 Å². The Balaban J connectivity index is 2.39. The van der Waals surface area contributed by atoms with Crippen LogP contribution in [0, 0.1) is 0 Å². The molecule has 2 rings (SSSR count). The molecule has 90 valence electrons. The molecule has 0 aromatic heterocycles. The average Bonchev–Trinajstić information content (AvgIpc) is 2.93. The highest BCUT2D eigenvalue weighted by Gasteiger charge is 2.67. The minimum absolute atomic E-state index is 0.284. The van der Waals surface area contributed by atoms with Crippen LogP contribution in [-0.4, -0.2) is 17.4 Å². The number of rotatable bonds is 3. The van der Waals surface area contributed by atoms with Gasteiger partial charge in [-0.1, -0.05) is 29.3 Å². The van der Waals surface area contributed by atoms with Crippen molar-refractivity contribution in [3.63, 3.8) is 0 Å². The van der Waals surface area contributed by atoms with Crippen LogP contribution < -0.4 is 11.5 Å². The average molecular weight is 275 g/mol. The maximum Gasteiger partial charge on any atom is 0.262 e. The summed E-state index contributed by atoms with van der Waals surface area (Å²) >= 11 is 11.7. The number of nitrogens with two attached hydrogens (primary N) is 2. The largest absolute Gasteiger partial charge is 0.367 e. The molecule has 1 atom stereocenters. The number of carbonyl (C=O) groups excluding carboxylic acids is 2. The Labute approximate surface area is 107 Å². The molecule has 1 aromatic carbocycles. The zero-order valence-corrected chi connectivity index (χ0v) is 9.96. The van der Waals surface area contributed by atoms with Gasteiger partial charge in [0.1, 0.15) is 6.10 Å². The van der Waals surface area contributed by atoms with E-state index in [0.717, 1.165) is 0 Å². The van der Waals surface area contributed by atoms with Crippen molar-refractivity contribution in [3.8, 4) is 0 Å². The Morgan fingerprint density at radius 2 is 1.82 bits per heavy atom. The highest BCUT2D eigenvalue weighted by atomic mass is 35.5. The van der Waals surface area contributed by atoms with Gasteiger partial charge in [0.2, 0.25) is 0 Å². The summed E-state index contributed by atoms with van der Waals surface area (Å²) in [7, 11) is 0. The van der Waals surface area contributed by atoms with Crippen LogP contribution in [0.2, 0.25) is 10.0 Å². The van der Waals surface area contributed by atoms with Gasteiger partial charge >= 0.3 is 0 Å². The summed E-state index contributed by atoms with van der Waals surface area (Å²) in [6, 6.07) is 4.60. The molecule has 17 heavy (non-hydrogen) atoms. The van der Waals surface area contributed by atoms with E-state index in [0.29, 0.717) is 10.6 Å². The van der Waals surface area contributed by atoms with Crippen LogP contribution in [0.25, 0.3) is 0 Å². The molecule has 1 fully saturated rings. The lowest BCUT2D eigenvalue weighted by molar-refractivity contribution is -0.133. The van der Waals surface area contributed by atoms with Crippen molar-refractivity contribution in [1.82, 2.24) is 0 Å². The first-order valence-corrected chi connectivity index (χ1v) is 5.37. The van der Waals surface area contributed by atoms with E-state index in [4.69, 9.17) is 39.4 Å². The topological polar surface area (TPSA) is 98.7 Å². The first-order chi connectivity index (χ1) is 7.89. The zero-order chi connectivity index (χ0) is 12.8. The van der Waals surface area contributed by atoms with Crippen molar-refractivity contribution >= 4 is 35.0 Å². The summed E-state index contributed by atoms with van der Waals surface area (Å²) < 4.78 is 5.06. The van der Waals surface area contributed by atoms with Crippen LogP contribution >= 0.6 is 23.2 Å². The van der Waals surface area contributed by atoms with Crippen molar-refractivity contribution in [2.24, 2.45) is 11.5 Å². The van der Waals surface area contributed by atoms with Gasteiger partial charge < -0.3 is 16.2 Å². The van der Waals surface area contributed by atoms with Gasteiger partial charge in [-0.05, 0) is 12.1 Å². The van der Waals surface area contributed by atoms with Crippen molar-refractivity contribution in [3.05, 3.63) is 33.8 Å². The smallest absolute Gasteiger partial charge is 0.262 e. The maximum absolute atomic E-state index is 11.2. The first kappa shape index (κ1) is 12.2. The van der Waals surface area contributed by atoms with Crippen LogP contribution in [-0.2, 0) is 14.3 Å². The highest BCUT2D eigenvalue weighted by molar-refractivity contribution is 6.35. The molecule has 0 unspecified atom stereocenters. The van der Waals surface area contributed by atoms with Gasteiger partial charge in [0.05, 0.1) is 0 Å². The molecule has 1 heterocycles. The van der Waals surface area contributed by atoms with Crippen LogP contribution in [0.15, 0.2) is 18.2 Å². The Morgan fingerprint density at radius 3 is 2.24 bits per heavy atom. The van der Waals surface area contributed by atoms with Gasteiger partial charge in [0.15, 0.2) is 0 Å². The quantitative estimate of drug-likeness (QED) is 0.629. The molecule has 1 aliphatic heterocycles. The fourth-order valence-electron chi connectivity index (χ4n) is 1.64. The SMILES string of the molecule is NC(=O)C1(C(N)=O)O[C@@H]1c1ccc(Cl)cc1Cl. The van der Waals surface area contributed by atoms with Gasteiger partial charge in [-0.3, -0.25) is 9.59 Å². The molecule has 5 nitrogen and oxygen atoms in total. The van der Waals surface area contributed by atoms with Crippen molar-refractivity contribution < 1.29 is 14.3 Å². The third-order valence-corrected chi connectivity index (χ3v) is 3.16. The van der Waals surface area contributed by atoms with Crippen LogP contribution in [0.4, 0.5) is 0 Å². The molecule has 1 aromatic rings. The molecule has 0 radical (unpaired) electrons. The Bertz CT molecular complexity index is 504. The molecule has 7 heteroatoms. The molecule has 0 aliphatic carbocycles. The van der Waals surface area contributed by atoms with Crippen LogP contribution in [0.3, 0.4) is 0 Å². The third kappa shape index (κ3) is 1.76. The number of primary amides is 2. The third-order valence-electron chi connectivity index (χ3n) is 2.59. The number of carbonyl (C=O) groups is 2. The van der Waals surface area contributed by atoms with Crippen LogP contribution in [0.1, 0.15) is 11.7 Å². The summed E-state index contributed by atoms with van der Waals surface area (Å²) in [5, 5.41) is 0.718. The monoisotopic (exact) mass is 274 g/mol. The van der Waals surface area contributed by atoms with E-state index in [-0.39, 0.29) is 5.02 Å². The van der Waals surface area contributed by atoms with E-state index in [9.17, 15) is 9.59 Å². The second-order valence-electron chi connectivity index (χ2n) is 3.63. The minimum atomic E-state index is -1.79. The Kier molecular flexibility index (Phi) is 2.77. The molecule has 2 amide bonds. The van der Waals surface area contributed by atoms with E-state index in [2.05, 4.69) is 0 Å². The Morgan fingerprint density at radius 1 is 1.24 bits per heavy atom. The molecular weight excluding hydrogens is 267 g/mol. The first-order valence-electron chi connectivity index (χ1n) is 4.62. The maximum atomic E-state index is 11.2. The number of ether oxygens (including phenoxy) is 1. The van der Waals surface area contributed by atoms with Crippen LogP contribution in [0.5, 0.6) is 0 Å². The standard InChI is InChI=1S/C10H8Cl2N2O3/c11-4-1-2-5(6(12)3-4)7-10(17-7,8(13)15)9(14)16/h1-3,7H,(H2,13,15)(H2,14,16)/t7-/m1/s1.